The molecule has 2 radical (unpaired) electrons. The zero-order chi connectivity index (χ0) is 23.8. The zero-order valence-corrected chi connectivity index (χ0v) is 19.4. The van der Waals surface area contributed by atoms with Crippen LogP contribution in [0.3, 0.4) is 0 Å². The van der Waals surface area contributed by atoms with Crippen molar-refractivity contribution in [3.05, 3.63) is 58.2 Å². The molecule has 1 fully saturated rings. The van der Waals surface area contributed by atoms with Gasteiger partial charge in [0, 0.05) is 47.3 Å². The van der Waals surface area contributed by atoms with E-state index in [1.54, 1.807) is 30.1 Å². The molecule has 7 nitrogen and oxygen atoms in total. The Balaban J connectivity index is 1.52. The maximum atomic E-state index is 13.9. The summed E-state index contributed by atoms with van der Waals surface area (Å²) in [4.78, 5) is 4.22. The number of hydrogen-bond acceptors (Lipinski definition) is 6. The normalized spacial score (nSPS) is 21.7. The van der Waals surface area contributed by atoms with Gasteiger partial charge in [0.2, 0.25) is 0 Å². The number of hydrogen-bond donors (Lipinski definition) is 2. The highest BCUT2D eigenvalue weighted by Crippen LogP contribution is 2.37. The van der Waals surface area contributed by atoms with Crippen molar-refractivity contribution < 1.29 is 19.0 Å². The molecule has 172 valence electrons. The van der Waals surface area contributed by atoms with Gasteiger partial charge in [-0.25, -0.2) is 9.37 Å². The lowest BCUT2D eigenvalue weighted by atomic mass is 9.82. The Morgan fingerprint density at radius 3 is 2.94 bits per heavy atom. The fourth-order valence-electron chi connectivity index (χ4n) is 3.88. The highest BCUT2D eigenvalue weighted by atomic mass is 35.5. The molecule has 3 atom stereocenters. The molecule has 2 aromatic heterocycles. The first-order chi connectivity index (χ1) is 15.6. The molecule has 1 aliphatic heterocycles. The second-order valence-corrected chi connectivity index (χ2v) is 8.91. The lowest BCUT2D eigenvalue weighted by molar-refractivity contribution is -0.176. The minimum Gasteiger partial charge on any atom is -0.482 e. The molecule has 0 spiro atoms. The number of anilines is 1. The highest BCUT2D eigenvalue weighted by molar-refractivity contribution is 6.36. The number of pyridine rings is 1. The topological polar surface area (TPSA) is 95.4 Å². The summed E-state index contributed by atoms with van der Waals surface area (Å²) in [7, 11) is 5.69. The maximum absolute atomic E-state index is 13.9. The van der Waals surface area contributed by atoms with Crippen molar-refractivity contribution in [2.75, 3.05) is 12.3 Å². The van der Waals surface area contributed by atoms with Crippen LogP contribution in [0.5, 0.6) is 5.75 Å². The maximum Gasteiger partial charge on any atom is 0.166 e. The molecular formula is C22H22BCl2FN4O3. The Morgan fingerprint density at radius 2 is 2.18 bits per heavy atom. The van der Waals surface area contributed by atoms with Crippen molar-refractivity contribution in [2.24, 2.45) is 5.92 Å². The van der Waals surface area contributed by atoms with E-state index in [1.165, 1.54) is 12.1 Å². The second kappa shape index (κ2) is 9.50. The number of nitrogens with two attached hydrogens (primary N) is 1. The Labute approximate surface area is 202 Å². The number of nitrogen functional groups attached to an aromatic ring is 1. The Morgan fingerprint density at radius 1 is 1.39 bits per heavy atom. The third-order valence-corrected chi connectivity index (χ3v) is 6.26. The smallest absolute Gasteiger partial charge is 0.166 e. The average Bonchev–Trinajstić information content (AvgIpc) is 3.20. The number of aromatic nitrogens is 3. The van der Waals surface area contributed by atoms with E-state index in [2.05, 4.69) is 10.1 Å². The van der Waals surface area contributed by atoms with E-state index in [9.17, 15) is 9.50 Å². The van der Waals surface area contributed by atoms with Crippen LogP contribution in [0.15, 0.2) is 36.8 Å². The molecular weight excluding hydrogens is 469 g/mol. The van der Waals surface area contributed by atoms with Crippen LogP contribution in [0.25, 0.3) is 11.1 Å². The largest absolute Gasteiger partial charge is 0.482 e. The first-order valence-electron chi connectivity index (χ1n) is 10.4. The Hall–Kier alpha value is -2.33. The van der Waals surface area contributed by atoms with Gasteiger partial charge in [0.1, 0.15) is 17.6 Å². The summed E-state index contributed by atoms with van der Waals surface area (Å²) in [6.07, 6.45) is 5.61. The molecule has 3 N–H and O–H groups in total. The lowest BCUT2D eigenvalue weighted by Gasteiger charge is -2.34. The number of rotatable bonds is 6. The SMILES string of the molecule is [B]C1(O)CC(Cn2cc(-c3cnc(N)c(OC(C)c4c(Cl)ccc(F)c4Cl)c3)cn2)CCO1. The quantitative estimate of drug-likeness (QED) is 0.394. The van der Waals surface area contributed by atoms with E-state index >= 15 is 0 Å². The van der Waals surface area contributed by atoms with Crippen LogP contribution in [0.1, 0.15) is 31.4 Å². The Kier molecular flexibility index (Phi) is 6.86. The van der Waals surface area contributed by atoms with Crippen molar-refractivity contribution in [1.82, 2.24) is 14.8 Å². The van der Waals surface area contributed by atoms with Crippen molar-refractivity contribution in [3.63, 3.8) is 0 Å². The Bertz CT molecular complexity index is 1160. The van der Waals surface area contributed by atoms with Gasteiger partial charge in [-0.2, -0.15) is 5.10 Å². The van der Waals surface area contributed by atoms with Gasteiger partial charge in [0.25, 0.3) is 0 Å². The highest BCUT2D eigenvalue weighted by Gasteiger charge is 2.30. The molecule has 11 heteroatoms. The molecule has 1 aromatic carbocycles. The number of ether oxygens (including phenoxy) is 2. The number of aliphatic hydroxyl groups is 1. The summed E-state index contributed by atoms with van der Waals surface area (Å²) >= 11 is 12.3. The third-order valence-electron chi connectivity index (χ3n) is 5.54. The van der Waals surface area contributed by atoms with Crippen molar-refractivity contribution in [2.45, 2.75) is 38.1 Å². The van der Waals surface area contributed by atoms with E-state index in [-0.39, 0.29) is 21.8 Å². The molecule has 0 amide bonds. The minimum absolute atomic E-state index is 0.101. The fraction of sp³-hybridized carbons (Fsp3) is 0.364. The third kappa shape index (κ3) is 5.43. The summed E-state index contributed by atoms with van der Waals surface area (Å²) in [5, 5.41) is 14.5. The van der Waals surface area contributed by atoms with E-state index in [4.69, 9.17) is 46.3 Å². The van der Waals surface area contributed by atoms with Crippen LogP contribution in [0, 0.1) is 11.7 Å². The molecule has 1 aliphatic rings. The van der Waals surface area contributed by atoms with E-state index in [1.807, 2.05) is 6.20 Å². The molecule has 3 unspecified atom stereocenters. The van der Waals surface area contributed by atoms with Crippen molar-refractivity contribution >= 4 is 36.9 Å². The van der Waals surface area contributed by atoms with E-state index < -0.39 is 17.6 Å². The first kappa shape index (κ1) is 23.8. The summed E-state index contributed by atoms with van der Waals surface area (Å²) in [6.45, 7) is 2.68. The molecule has 3 heterocycles. The molecule has 0 bridgehead atoms. The predicted octanol–water partition coefficient (Wildman–Crippen LogP) is 4.35. The molecule has 1 saturated heterocycles. The molecule has 33 heavy (non-hydrogen) atoms. The van der Waals surface area contributed by atoms with Gasteiger partial charge in [0.05, 0.1) is 11.2 Å². The second-order valence-electron chi connectivity index (χ2n) is 8.13. The van der Waals surface area contributed by atoms with Gasteiger partial charge in [-0.3, -0.25) is 4.68 Å². The fourth-order valence-corrected chi connectivity index (χ4v) is 4.56. The van der Waals surface area contributed by atoms with Crippen LogP contribution in [0.2, 0.25) is 10.0 Å². The first-order valence-corrected chi connectivity index (χ1v) is 11.1. The van der Waals surface area contributed by atoms with Crippen molar-refractivity contribution in [1.29, 1.82) is 0 Å². The van der Waals surface area contributed by atoms with Gasteiger partial charge in [-0.05, 0) is 43.9 Å². The molecule has 0 saturated carbocycles. The molecule has 3 aromatic rings. The van der Waals surface area contributed by atoms with Gasteiger partial charge in [-0.15, -0.1) is 0 Å². The van der Waals surface area contributed by atoms with Crippen LogP contribution in [-0.4, -0.2) is 40.0 Å². The monoisotopic (exact) mass is 490 g/mol. The van der Waals surface area contributed by atoms with Crippen LogP contribution in [0.4, 0.5) is 10.2 Å². The number of benzene rings is 1. The van der Waals surface area contributed by atoms with Gasteiger partial charge >= 0.3 is 0 Å². The standard InChI is InChI=1S/C22H22BCl2FN4O3/c1-12(19-16(24)2-3-17(26)20(19)25)33-18-6-14(8-28-21(18)27)15-9-29-30(11-15)10-13-4-5-32-22(23,31)7-13/h2-3,6,8-9,11-13,31H,4-5,7,10H2,1H3,(H2,27,28). The minimum atomic E-state index is -1.60. The molecule has 4 rings (SSSR count). The van der Waals surface area contributed by atoms with Crippen LogP contribution in [-0.2, 0) is 11.3 Å². The van der Waals surface area contributed by atoms with Crippen LogP contribution >= 0.6 is 23.2 Å². The van der Waals surface area contributed by atoms with Gasteiger partial charge < -0.3 is 20.3 Å². The lowest BCUT2D eigenvalue weighted by Crippen LogP contribution is -2.41. The van der Waals surface area contributed by atoms with Gasteiger partial charge in [0.15, 0.2) is 19.4 Å². The summed E-state index contributed by atoms with van der Waals surface area (Å²) in [5.74, 6) is 0.0239. The molecule has 0 aliphatic carbocycles. The van der Waals surface area contributed by atoms with E-state index in [0.717, 1.165) is 17.5 Å². The average molecular weight is 491 g/mol. The zero-order valence-electron chi connectivity index (χ0n) is 17.8. The summed E-state index contributed by atoms with van der Waals surface area (Å²) in [5.41, 5.74) is 6.27. The summed E-state index contributed by atoms with van der Waals surface area (Å²) < 4.78 is 26.8. The number of nitrogens with zero attached hydrogens (tertiary/aromatic N) is 3. The number of halogens is 3. The van der Waals surface area contributed by atoms with Crippen molar-refractivity contribution in [3.8, 4) is 16.9 Å². The van der Waals surface area contributed by atoms with Gasteiger partial charge in [-0.1, -0.05) is 23.2 Å². The van der Waals surface area contributed by atoms with E-state index in [0.29, 0.717) is 30.9 Å². The van der Waals surface area contributed by atoms with Crippen LogP contribution < -0.4 is 10.5 Å². The summed E-state index contributed by atoms with van der Waals surface area (Å²) in [6, 6.07) is 4.35. The predicted molar refractivity (Wildman–Crippen MR) is 125 cm³/mol.